The highest BCUT2D eigenvalue weighted by Crippen LogP contribution is 2.38. The van der Waals surface area contributed by atoms with Gasteiger partial charge >= 0.3 is 0 Å². The number of anilines is 2. The summed E-state index contributed by atoms with van der Waals surface area (Å²) in [7, 11) is -2.19. The van der Waals surface area contributed by atoms with Crippen molar-refractivity contribution >= 4 is 48.7 Å². The van der Waals surface area contributed by atoms with Gasteiger partial charge in [-0.3, -0.25) is 13.9 Å². The van der Waals surface area contributed by atoms with Crippen LogP contribution < -0.4 is 20.8 Å². The number of aromatic nitrogens is 5. The summed E-state index contributed by atoms with van der Waals surface area (Å²) >= 11 is 1.43. The smallest absolute Gasteiger partial charge is 0.264 e. The molecule has 43 heavy (non-hydrogen) atoms. The van der Waals surface area contributed by atoms with Crippen molar-refractivity contribution in [2.45, 2.75) is 19.9 Å². The topological polar surface area (TPSA) is 146 Å². The van der Waals surface area contributed by atoms with Crippen LogP contribution in [0.15, 0.2) is 65.0 Å². The molecule has 220 valence electrons. The summed E-state index contributed by atoms with van der Waals surface area (Å²) in [6.45, 7) is 3.71. The van der Waals surface area contributed by atoms with Gasteiger partial charge in [0.05, 0.1) is 36.0 Å². The molecule has 0 bridgehead atoms. The molecule has 0 radical (unpaired) electrons. The lowest BCUT2D eigenvalue weighted by molar-refractivity contribution is 0.417. The van der Waals surface area contributed by atoms with E-state index >= 15 is 0 Å². The van der Waals surface area contributed by atoms with Crippen LogP contribution in [-0.4, -0.2) is 45.9 Å². The fraction of sp³-hybridized carbons (Fsp3) is 0.172. The van der Waals surface area contributed by atoms with Gasteiger partial charge in [0.15, 0.2) is 5.65 Å². The van der Waals surface area contributed by atoms with E-state index in [1.54, 1.807) is 39.4 Å². The molecule has 0 aliphatic carbocycles. The first-order valence-electron chi connectivity index (χ1n) is 13.0. The Hall–Kier alpha value is -4.82. The molecule has 0 fully saturated rings. The fourth-order valence-corrected chi connectivity index (χ4v) is 6.70. The minimum Gasteiger partial charge on any atom is -0.495 e. The van der Waals surface area contributed by atoms with Crippen LogP contribution in [0.3, 0.4) is 0 Å². The third-order valence-electron chi connectivity index (χ3n) is 7.12. The van der Waals surface area contributed by atoms with E-state index < -0.39 is 21.9 Å². The Morgan fingerprint density at radius 2 is 1.91 bits per heavy atom. The van der Waals surface area contributed by atoms with Crippen LogP contribution in [0.25, 0.3) is 38.2 Å². The van der Waals surface area contributed by atoms with Crippen LogP contribution in [0.1, 0.15) is 24.2 Å². The molecule has 0 amide bonds. The summed E-state index contributed by atoms with van der Waals surface area (Å²) in [6.07, 6.45) is 2.37. The number of ether oxygens (including phenoxy) is 1. The highest BCUT2D eigenvalue weighted by Gasteiger charge is 2.26. The molecule has 6 aromatic rings. The average Bonchev–Trinajstić information content (AvgIpc) is 3.53. The largest absolute Gasteiger partial charge is 0.495 e. The molecule has 4 heterocycles. The Bertz CT molecular complexity index is 2220. The van der Waals surface area contributed by atoms with Crippen LogP contribution in [-0.2, 0) is 10.0 Å². The van der Waals surface area contributed by atoms with Crippen molar-refractivity contribution in [1.29, 1.82) is 0 Å². The Kier molecular flexibility index (Phi) is 6.89. The Labute approximate surface area is 249 Å². The number of aryl methyl sites for hydroxylation is 1. The quantitative estimate of drug-likeness (QED) is 0.258. The Morgan fingerprint density at radius 3 is 2.63 bits per heavy atom. The molecule has 0 unspecified atom stereocenters. The van der Waals surface area contributed by atoms with E-state index in [1.165, 1.54) is 36.9 Å². The molecular formula is C29H26FN7O4S2. The van der Waals surface area contributed by atoms with E-state index in [4.69, 9.17) is 15.6 Å². The second-order valence-corrected chi connectivity index (χ2v) is 12.7. The standard InChI is InChI=1S/C29H26FN7O4S2/c1-15-13-42-23-12-20(24(29(38)36(15)23)17-6-5-7-19(30)10-17)16(2)37-28-25(27(31)32-14-33-28)26(34-37)18-8-9-22(41-3)21(11-18)35-43(4,39)40/h5-14,16,35H,1-4H3,(H2,31,32,33)/t16-/m0/s1. The van der Waals surface area contributed by atoms with Crippen molar-refractivity contribution < 1.29 is 17.5 Å². The molecule has 3 N–H and O–H groups in total. The van der Waals surface area contributed by atoms with E-state index in [-0.39, 0.29) is 17.1 Å². The van der Waals surface area contributed by atoms with Crippen molar-refractivity contribution in [3.8, 4) is 28.1 Å². The van der Waals surface area contributed by atoms with Gasteiger partial charge in [-0.05, 0) is 61.4 Å². The minimum atomic E-state index is -3.62. The van der Waals surface area contributed by atoms with Crippen molar-refractivity contribution in [3.05, 3.63) is 87.7 Å². The summed E-state index contributed by atoms with van der Waals surface area (Å²) in [5.41, 5.74) is 9.76. The zero-order valence-corrected chi connectivity index (χ0v) is 25.1. The van der Waals surface area contributed by atoms with Crippen LogP contribution in [0.4, 0.5) is 15.9 Å². The second-order valence-electron chi connectivity index (χ2n) is 10.1. The number of hydrogen-bond acceptors (Lipinski definition) is 9. The number of nitrogens with two attached hydrogens (primary N) is 1. The molecule has 6 rings (SSSR count). The SMILES string of the molecule is COc1ccc(-c2nn([C@@H](C)c3cc4scc(C)n4c(=O)c3-c3cccc(F)c3)c3ncnc(N)c23)cc1NS(C)(=O)=O. The fourth-order valence-electron chi connectivity index (χ4n) is 5.22. The number of benzene rings is 2. The number of pyridine rings is 1. The van der Waals surface area contributed by atoms with E-state index in [9.17, 15) is 17.6 Å². The third-order valence-corrected chi connectivity index (χ3v) is 8.72. The molecule has 0 aliphatic rings. The molecule has 4 aromatic heterocycles. The maximum Gasteiger partial charge on any atom is 0.264 e. The summed E-state index contributed by atoms with van der Waals surface area (Å²) in [5, 5.41) is 7.23. The molecule has 14 heteroatoms. The number of hydrogen-bond donors (Lipinski definition) is 2. The van der Waals surface area contributed by atoms with Gasteiger partial charge in [-0.15, -0.1) is 11.3 Å². The van der Waals surface area contributed by atoms with Gasteiger partial charge in [0.25, 0.3) is 5.56 Å². The average molecular weight is 620 g/mol. The van der Waals surface area contributed by atoms with Gasteiger partial charge in [0, 0.05) is 16.6 Å². The predicted molar refractivity (Wildman–Crippen MR) is 166 cm³/mol. The number of halogens is 1. The number of nitrogens with zero attached hydrogens (tertiary/aromatic N) is 5. The Balaban J connectivity index is 1.60. The van der Waals surface area contributed by atoms with Gasteiger partial charge in [-0.2, -0.15) is 5.10 Å². The number of rotatable bonds is 7. The molecular weight excluding hydrogens is 593 g/mol. The van der Waals surface area contributed by atoms with Crippen LogP contribution in [0.2, 0.25) is 0 Å². The number of fused-ring (bicyclic) bond motifs is 2. The zero-order chi connectivity index (χ0) is 30.6. The van der Waals surface area contributed by atoms with E-state index in [2.05, 4.69) is 14.7 Å². The van der Waals surface area contributed by atoms with Crippen molar-refractivity contribution in [1.82, 2.24) is 24.1 Å². The van der Waals surface area contributed by atoms with E-state index in [1.807, 2.05) is 25.3 Å². The summed E-state index contributed by atoms with van der Waals surface area (Å²) < 4.78 is 49.6. The maximum absolute atomic E-state index is 14.4. The predicted octanol–water partition coefficient (Wildman–Crippen LogP) is 4.85. The number of sulfonamides is 1. The van der Waals surface area contributed by atoms with Crippen molar-refractivity contribution in [3.63, 3.8) is 0 Å². The van der Waals surface area contributed by atoms with Gasteiger partial charge in [0.1, 0.15) is 34.2 Å². The summed E-state index contributed by atoms with van der Waals surface area (Å²) in [4.78, 5) is 23.3. The van der Waals surface area contributed by atoms with E-state index in [0.717, 1.165) is 16.8 Å². The lowest BCUT2D eigenvalue weighted by Gasteiger charge is -2.18. The summed E-state index contributed by atoms with van der Waals surface area (Å²) in [6, 6.07) is 12.2. The first-order chi connectivity index (χ1) is 20.5. The molecule has 1 atom stereocenters. The normalized spacial score (nSPS) is 12.6. The highest BCUT2D eigenvalue weighted by atomic mass is 32.2. The highest BCUT2D eigenvalue weighted by molar-refractivity contribution is 7.92. The first kappa shape index (κ1) is 28.3. The molecule has 2 aromatic carbocycles. The number of nitrogen functional groups attached to an aromatic ring is 1. The van der Waals surface area contributed by atoms with Crippen LogP contribution in [0.5, 0.6) is 5.75 Å². The molecule has 0 saturated carbocycles. The summed E-state index contributed by atoms with van der Waals surface area (Å²) in [5.74, 6) is 0.0184. The Morgan fingerprint density at radius 1 is 1.12 bits per heavy atom. The first-order valence-corrected chi connectivity index (χ1v) is 15.8. The number of methoxy groups -OCH3 is 1. The number of thiazole rings is 1. The molecule has 11 nitrogen and oxygen atoms in total. The molecule has 0 saturated heterocycles. The van der Waals surface area contributed by atoms with E-state index in [0.29, 0.717) is 44.7 Å². The lowest BCUT2D eigenvalue weighted by atomic mass is 9.97. The monoisotopic (exact) mass is 619 g/mol. The minimum absolute atomic E-state index is 0.168. The second kappa shape index (κ2) is 10.5. The zero-order valence-electron chi connectivity index (χ0n) is 23.5. The van der Waals surface area contributed by atoms with Crippen molar-refractivity contribution in [2.75, 3.05) is 23.8 Å². The number of nitrogens with one attached hydrogen (secondary N) is 1. The molecule has 0 spiro atoms. The van der Waals surface area contributed by atoms with Gasteiger partial charge in [-0.1, -0.05) is 12.1 Å². The lowest BCUT2D eigenvalue weighted by Crippen LogP contribution is -2.21. The van der Waals surface area contributed by atoms with Crippen LogP contribution in [0, 0.1) is 12.7 Å². The molecule has 0 aliphatic heterocycles. The van der Waals surface area contributed by atoms with Gasteiger partial charge in [0.2, 0.25) is 10.0 Å². The van der Waals surface area contributed by atoms with Gasteiger partial charge < -0.3 is 10.5 Å². The van der Waals surface area contributed by atoms with Crippen LogP contribution >= 0.6 is 11.3 Å². The van der Waals surface area contributed by atoms with Crippen molar-refractivity contribution in [2.24, 2.45) is 0 Å². The van der Waals surface area contributed by atoms with Gasteiger partial charge in [-0.25, -0.2) is 27.5 Å². The maximum atomic E-state index is 14.4. The third kappa shape index (κ3) is 4.97.